The van der Waals surface area contributed by atoms with Crippen molar-refractivity contribution in [3.05, 3.63) is 41.7 Å². The van der Waals surface area contributed by atoms with E-state index in [4.69, 9.17) is 5.11 Å². The fraction of sp³-hybridized carbons (Fsp3) is 0.333. The molecule has 0 unspecified atom stereocenters. The average Bonchev–Trinajstić information content (AvgIpc) is 3.00. The molecule has 0 fully saturated rings. The van der Waals surface area contributed by atoms with Gasteiger partial charge in [-0.25, -0.2) is 9.48 Å². The van der Waals surface area contributed by atoms with E-state index in [1.54, 1.807) is 31.2 Å². The van der Waals surface area contributed by atoms with Crippen molar-refractivity contribution in [2.75, 3.05) is 11.9 Å². The zero-order chi connectivity index (χ0) is 19.1. The number of carboxylic acid groups (broad SMARTS) is 1. The lowest BCUT2D eigenvalue weighted by atomic mass is 10.2. The molecule has 0 radical (unpaired) electrons. The summed E-state index contributed by atoms with van der Waals surface area (Å²) in [7, 11) is 0. The van der Waals surface area contributed by atoms with Gasteiger partial charge in [0, 0.05) is 25.1 Å². The fourth-order valence-electron chi connectivity index (χ4n) is 2.40. The van der Waals surface area contributed by atoms with Gasteiger partial charge in [-0.15, -0.1) is 0 Å². The van der Waals surface area contributed by atoms with Gasteiger partial charge < -0.3 is 15.7 Å². The number of hydrogen-bond donors (Lipinski definition) is 3. The van der Waals surface area contributed by atoms with Crippen molar-refractivity contribution in [2.24, 2.45) is 0 Å². The van der Waals surface area contributed by atoms with Crippen LogP contribution in [0.4, 0.5) is 5.69 Å². The Morgan fingerprint density at radius 1 is 1.19 bits per heavy atom. The van der Waals surface area contributed by atoms with Crippen molar-refractivity contribution < 1.29 is 19.5 Å². The van der Waals surface area contributed by atoms with E-state index in [2.05, 4.69) is 15.7 Å². The lowest BCUT2D eigenvalue weighted by Crippen LogP contribution is -2.25. The minimum absolute atomic E-state index is 0.0870. The monoisotopic (exact) mass is 358 g/mol. The molecule has 0 aliphatic heterocycles. The first kappa shape index (κ1) is 19.2. The molecular formula is C18H22N4O4. The van der Waals surface area contributed by atoms with E-state index in [-0.39, 0.29) is 30.2 Å². The summed E-state index contributed by atoms with van der Waals surface area (Å²) in [6, 6.07) is 6.91. The molecule has 1 aromatic carbocycles. The molecule has 1 aromatic heterocycles. The Morgan fingerprint density at radius 2 is 1.92 bits per heavy atom. The molecule has 0 aliphatic carbocycles. The second kappa shape index (κ2) is 8.80. The predicted molar refractivity (Wildman–Crippen MR) is 96.4 cm³/mol. The van der Waals surface area contributed by atoms with Crippen LogP contribution in [-0.2, 0) is 9.59 Å². The molecule has 0 atom stereocenters. The summed E-state index contributed by atoms with van der Waals surface area (Å²) in [5, 5.41) is 18.7. The molecule has 0 aliphatic rings. The van der Waals surface area contributed by atoms with E-state index in [9.17, 15) is 14.4 Å². The van der Waals surface area contributed by atoms with Crippen LogP contribution in [0.15, 0.2) is 30.5 Å². The van der Waals surface area contributed by atoms with Gasteiger partial charge in [-0.05, 0) is 31.5 Å². The van der Waals surface area contributed by atoms with E-state index >= 15 is 0 Å². The van der Waals surface area contributed by atoms with Gasteiger partial charge in [0.25, 0.3) is 0 Å². The van der Waals surface area contributed by atoms with Crippen molar-refractivity contribution in [2.45, 2.75) is 33.1 Å². The van der Waals surface area contributed by atoms with Crippen LogP contribution in [0.25, 0.3) is 5.69 Å². The van der Waals surface area contributed by atoms with Gasteiger partial charge in [0.2, 0.25) is 11.8 Å². The second-order valence-electron chi connectivity index (χ2n) is 5.81. The van der Waals surface area contributed by atoms with Crippen LogP contribution in [0, 0.1) is 6.92 Å². The van der Waals surface area contributed by atoms with Crippen LogP contribution in [0.1, 0.15) is 42.2 Å². The molecule has 0 spiro atoms. The number of carboxylic acids is 1. The Morgan fingerprint density at radius 3 is 2.58 bits per heavy atom. The summed E-state index contributed by atoms with van der Waals surface area (Å²) in [6.07, 6.45) is 2.36. The van der Waals surface area contributed by atoms with Crippen molar-refractivity contribution >= 4 is 23.5 Å². The Labute approximate surface area is 151 Å². The zero-order valence-electron chi connectivity index (χ0n) is 14.8. The Bertz CT molecular complexity index is 813. The molecule has 138 valence electrons. The molecule has 0 bridgehead atoms. The van der Waals surface area contributed by atoms with Gasteiger partial charge in [0.05, 0.1) is 17.6 Å². The van der Waals surface area contributed by atoms with E-state index in [0.29, 0.717) is 23.6 Å². The van der Waals surface area contributed by atoms with Crippen molar-refractivity contribution in [1.29, 1.82) is 0 Å². The maximum absolute atomic E-state index is 12.0. The predicted octanol–water partition coefficient (Wildman–Crippen LogP) is 2.12. The standard InChI is InChI=1S/C18H22N4O4/c1-3-9-19-16(23)7-8-17(24)21-13-5-4-6-14(10-13)22-12(2)15(11-20-22)18(25)26/h4-6,10-11H,3,7-9H2,1-2H3,(H,19,23)(H,21,24)(H,25,26). The number of hydrogen-bond acceptors (Lipinski definition) is 4. The Hall–Kier alpha value is -3.16. The molecule has 26 heavy (non-hydrogen) atoms. The first-order valence-corrected chi connectivity index (χ1v) is 8.37. The number of amides is 2. The van der Waals surface area contributed by atoms with Crippen LogP contribution in [-0.4, -0.2) is 39.2 Å². The number of carbonyl (C=O) groups excluding carboxylic acids is 2. The normalized spacial score (nSPS) is 10.4. The van der Waals surface area contributed by atoms with Crippen LogP contribution >= 0.6 is 0 Å². The topological polar surface area (TPSA) is 113 Å². The van der Waals surface area contributed by atoms with Gasteiger partial charge >= 0.3 is 5.97 Å². The minimum Gasteiger partial charge on any atom is -0.478 e. The highest BCUT2D eigenvalue weighted by molar-refractivity contribution is 5.93. The van der Waals surface area contributed by atoms with Gasteiger partial charge in [-0.1, -0.05) is 13.0 Å². The first-order valence-electron chi connectivity index (χ1n) is 8.37. The molecular weight excluding hydrogens is 336 g/mol. The smallest absolute Gasteiger partial charge is 0.339 e. The van der Waals surface area contributed by atoms with Crippen molar-refractivity contribution in [3.63, 3.8) is 0 Å². The second-order valence-corrected chi connectivity index (χ2v) is 5.81. The largest absolute Gasteiger partial charge is 0.478 e. The van der Waals surface area contributed by atoms with E-state index in [1.165, 1.54) is 10.9 Å². The van der Waals surface area contributed by atoms with Gasteiger partial charge in [-0.3, -0.25) is 9.59 Å². The van der Waals surface area contributed by atoms with Crippen LogP contribution in [0.5, 0.6) is 0 Å². The molecule has 3 N–H and O–H groups in total. The average molecular weight is 358 g/mol. The number of aromatic nitrogens is 2. The highest BCUT2D eigenvalue weighted by Crippen LogP contribution is 2.18. The third-order valence-electron chi connectivity index (χ3n) is 3.77. The quantitative estimate of drug-likeness (QED) is 0.669. The number of benzene rings is 1. The fourth-order valence-corrected chi connectivity index (χ4v) is 2.40. The van der Waals surface area contributed by atoms with Gasteiger partial charge in [0.1, 0.15) is 5.56 Å². The number of nitrogens with zero attached hydrogens (tertiary/aromatic N) is 2. The number of carbonyl (C=O) groups is 3. The van der Waals surface area contributed by atoms with Crippen LogP contribution in [0.2, 0.25) is 0 Å². The lowest BCUT2D eigenvalue weighted by molar-refractivity contribution is -0.124. The summed E-state index contributed by atoms with van der Waals surface area (Å²) in [6.45, 7) is 4.22. The summed E-state index contributed by atoms with van der Waals surface area (Å²) in [5.74, 6) is -1.46. The van der Waals surface area contributed by atoms with Gasteiger partial charge in [0.15, 0.2) is 0 Å². The summed E-state index contributed by atoms with van der Waals surface area (Å²) >= 11 is 0. The summed E-state index contributed by atoms with van der Waals surface area (Å²) < 4.78 is 1.50. The summed E-state index contributed by atoms with van der Waals surface area (Å²) in [5.41, 5.74) is 1.80. The van der Waals surface area contributed by atoms with E-state index < -0.39 is 5.97 Å². The Balaban J connectivity index is 2.02. The summed E-state index contributed by atoms with van der Waals surface area (Å²) in [4.78, 5) is 34.7. The highest BCUT2D eigenvalue weighted by Gasteiger charge is 2.14. The zero-order valence-corrected chi connectivity index (χ0v) is 14.8. The number of nitrogens with one attached hydrogen (secondary N) is 2. The molecule has 2 aromatic rings. The molecule has 2 amide bonds. The maximum atomic E-state index is 12.0. The van der Waals surface area contributed by atoms with Gasteiger partial charge in [-0.2, -0.15) is 5.10 Å². The van der Waals surface area contributed by atoms with Crippen molar-refractivity contribution in [1.82, 2.24) is 15.1 Å². The minimum atomic E-state index is -1.04. The van der Waals surface area contributed by atoms with Crippen LogP contribution in [0.3, 0.4) is 0 Å². The number of rotatable bonds is 8. The van der Waals surface area contributed by atoms with Crippen LogP contribution < -0.4 is 10.6 Å². The molecule has 8 heteroatoms. The molecule has 1 heterocycles. The third-order valence-corrected chi connectivity index (χ3v) is 3.77. The number of anilines is 1. The third kappa shape index (κ3) is 4.92. The lowest BCUT2D eigenvalue weighted by Gasteiger charge is -2.09. The highest BCUT2D eigenvalue weighted by atomic mass is 16.4. The molecule has 8 nitrogen and oxygen atoms in total. The molecule has 2 rings (SSSR count). The number of aromatic carboxylic acids is 1. The maximum Gasteiger partial charge on any atom is 0.339 e. The SMILES string of the molecule is CCCNC(=O)CCC(=O)Nc1cccc(-n2ncc(C(=O)O)c2C)c1. The molecule has 0 saturated carbocycles. The molecule has 0 saturated heterocycles. The first-order chi connectivity index (χ1) is 12.4. The van der Waals surface area contributed by atoms with E-state index in [1.807, 2.05) is 6.92 Å². The van der Waals surface area contributed by atoms with Crippen molar-refractivity contribution in [3.8, 4) is 5.69 Å². The Kier molecular flexibility index (Phi) is 6.48. The van der Waals surface area contributed by atoms with E-state index in [0.717, 1.165) is 6.42 Å².